The molecule has 2 aliphatic carbocycles. The average Bonchev–Trinajstić information content (AvgIpc) is 2.54. The lowest BCUT2D eigenvalue weighted by Crippen LogP contribution is -2.28. The number of hydrogen-bond acceptors (Lipinski definition) is 3. The topological polar surface area (TPSA) is 43.4 Å². The average molecular weight is 208 g/mol. The third kappa shape index (κ3) is 1.83. The molecular weight excluding hydrogens is 192 g/mol. The van der Waals surface area contributed by atoms with E-state index in [9.17, 15) is 9.59 Å². The number of esters is 1. The van der Waals surface area contributed by atoms with E-state index in [-0.39, 0.29) is 17.7 Å². The van der Waals surface area contributed by atoms with Crippen molar-refractivity contribution in [3.8, 4) is 0 Å². The highest BCUT2D eigenvalue weighted by Crippen LogP contribution is 2.42. The molecule has 0 aliphatic heterocycles. The monoisotopic (exact) mass is 208 g/mol. The quantitative estimate of drug-likeness (QED) is 0.394. The van der Waals surface area contributed by atoms with Crippen LogP contribution in [0.3, 0.4) is 0 Å². The van der Waals surface area contributed by atoms with Crippen molar-refractivity contribution in [2.45, 2.75) is 26.2 Å². The number of rotatable bonds is 2. The maximum absolute atomic E-state index is 11.7. The SMILES string of the molecule is CCOC(=O)[C@H]1C(=O)C[C@@H]2CC=CC[C@@H]21. The van der Waals surface area contributed by atoms with Crippen molar-refractivity contribution < 1.29 is 14.3 Å². The Morgan fingerprint density at radius 2 is 2.20 bits per heavy atom. The van der Waals surface area contributed by atoms with Crippen LogP contribution < -0.4 is 0 Å². The smallest absolute Gasteiger partial charge is 0.316 e. The number of allylic oxidation sites excluding steroid dienone is 2. The Morgan fingerprint density at radius 1 is 1.47 bits per heavy atom. The van der Waals surface area contributed by atoms with E-state index >= 15 is 0 Å². The zero-order chi connectivity index (χ0) is 10.8. The summed E-state index contributed by atoms with van der Waals surface area (Å²) >= 11 is 0. The molecule has 1 saturated carbocycles. The number of hydrogen-bond donors (Lipinski definition) is 0. The van der Waals surface area contributed by atoms with Crippen molar-refractivity contribution in [3.63, 3.8) is 0 Å². The van der Waals surface area contributed by atoms with Gasteiger partial charge in [0, 0.05) is 6.42 Å². The van der Waals surface area contributed by atoms with Crippen molar-refractivity contribution in [3.05, 3.63) is 12.2 Å². The molecule has 3 nitrogen and oxygen atoms in total. The fraction of sp³-hybridized carbons (Fsp3) is 0.667. The molecule has 1 fully saturated rings. The third-order valence-electron chi connectivity index (χ3n) is 3.40. The van der Waals surface area contributed by atoms with Gasteiger partial charge in [0.15, 0.2) is 0 Å². The summed E-state index contributed by atoms with van der Waals surface area (Å²) in [6.45, 7) is 2.13. The van der Waals surface area contributed by atoms with Gasteiger partial charge in [-0.25, -0.2) is 0 Å². The van der Waals surface area contributed by atoms with Gasteiger partial charge in [0.1, 0.15) is 11.7 Å². The van der Waals surface area contributed by atoms with Crippen LogP contribution in [0.1, 0.15) is 26.2 Å². The number of Topliss-reactive ketones (excluding diaryl/α,β-unsaturated/α-hetero) is 1. The first-order valence-electron chi connectivity index (χ1n) is 5.58. The molecule has 0 radical (unpaired) electrons. The van der Waals surface area contributed by atoms with E-state index in [1.54, 1.807) is 6.92 Å². The summed E-state index contributed by atoms with van der Waals surface area (Å²) in [6, 6.07) is 0. The van der Waals surface area contributed by atoms with Crippen LogP contribution in [0.4, 0.5) is 0 Å². The van der Waals surface area contributed by atoms with Crippen LogP contribution in [0.25, 0.3) is 0 Å². The Labute approximate surface area is 89.5 Å². The molecule has 3 heteroatoms. The predicted octanol–water partition coefficient (Wildman–Crippen LogP) is 1.72. The van der Waals surface area contributed by atoms with E-state index in [0.717, 1.165) is 12.8 Å². The van der Waals surface area contributed by atoms with E-state index < -0.39 is 5.92 Å². The minimum Gasteiger partial charge on any atom is -0.465 e. The fourth-order valence-electron chi connectivity index (χ4n) is 2.70. The molecule has 0 bridgehead atoms. The summed E-state index contributed by atoms with van der Waals surface area (Å²) in [6.07, 6.45) is 6.53. The lowest BCUT2D eigenvalue weighted by atomic mass is 9.81. The van der Waals surface area contributed by atoms with E-state index in [2.05, 4.69) is 12.2 Å². The maximum Gasteiger partial charge on any atom is 0.316 e. The van der Waals surface area contributed by atoms with Crippen LogP contribution in [-0.2, 0) is 14.3 Å². The van der Waals surface area contributed by atoms with Crippen LogP contribution in [0.5, 0.6) is 0 Å². The molecule has 82 valence electrons. The third-order valence-corrected chi connectivity index (χ3v) is 3.40. The Hall–Kier alpha value is -1.12. The second kappa shape index (κ2) is 4.17. The summed E-state index contributed by atoms with van der Waals surface area (Å²) < 4.78 is 4.96. The highest BCUT2D eigenvalue weighted by molar-refractivity contribution is 6.01. The van der Waals surface area contributed by atoms with Gasteiger partial charge in [-0.1, -0.05) is 12.2 Å². The standard InChI is InChI=1S/C12H16O3/c1-2-15-12(14)11-9-6-4-3-5-8(9)7-10(11)13/h3-4,8-9,11H,2,5-7H2,1H3/t8-,9-,11+/m0/s1. The molecule has 0 saturated heterocycles. The second-order valence-electron chi connectivity index (χ2n) is 4.27. The maximum atomic E-state index is 11.7. The van der Waals surface area contributed by atoms with E-state index in [4.69, 9.17) is 4.74 Å². The lowest BCUT2D eigenvalue weighted by Gasteiger charge is -2.23. The van der Waals surface area contributed by atoms with Gasteiger partial charge >= 0.3 is 5.97 Å². The van der Waals surface area contributed by atoms with Gasteiger partial charge < -0.3 is 4.74 Å². The summed E-state index contributed by atoms with van der Waals surface area (Å²) in [7, 11) is 0. The van der Waals surface area contributed by atoms with Crippen LogP contribution in [-0.4, -0.2) is 18.4 Å². The fourth-order valence-corrected chi connectivity index (χ4v) is 2.70. The molecule has 0 heterocycles. The number of carbonyl (C=O) groups is 2. The Kier molecular flexibility index (Phi) is 2.89. The van der Waals surface area contributed by atoms with Gasteiger partial charge in [-0.2, -0.15) is 0 Å². The van der Waals surface area contributed by atoms with E-state index in [0.29, 0.717) is 18.9 Å². The van der Waals surface area contributed by atoms with Crippen LogP contribution in [0, 0.1) is 17.8 Å². The van der Waals surface area contributed by atoms with Crippen molar-refractivity contribution in [2.75, 3.05) is 6.61 Å². The molecule has 0 aromatic heterocycles. The van der Waals surface area contributed by atoms with Crippen molar-refractivity contribution in [2.24, 2.45) is 17.8 Å². The van der Waals surface area contributed by atoms with Crippen LogP contribution in [0.2, 0.25) is 0 Å². The minimum absolute atomic E-state index is 0.0761. The van der Waals surface area contributed by atoms with Gasteiger partial charge in [-0.15, -0.1) is 0 Å². The first-order chi connectivity index (χ1) is 7.24. The Morgan fingerprint density at radius 3 is 2.93 bits per heavy atom. The molecule has 3 atom stereocenters. The van der Waals surface area contributed by atoms with Crippen molar-refractivity contribution in [1.29, 1.82) is 0 Å². The summed E-state index contributed by atoms with van der Waals surface area (Å²) in [5, 5.41) is 0. The highest BCUT2D eigenvalue weighted by Gasteiger charge is 2.46. The molecule has 0 spiro atoms. The molecule has 0 aromatic carbocycles. The van der Waals surface area contributed by atoms with Crippen LogP contribution >= 0.6 is 0 Å². The molecule has 0 unspecified atom stereocenters. The zero-order valence-electron chi connectivity index (χ0n) is 8.94. The Balaban J connectivity index is 2.13. The largest absolute Gasteiger partial charge is 0.465 e. The van der Waals surface area contributed by atoms with Gasteiger partial charge in [-0.3, -0.25) is 9.59 Å². The first-order valence-corrected chi connectivity index (χ1v) is 5.58. The summed E-state index contributed by atoms with van der Waals surface area (Å²) in [5.74, 6) is -0.157. The molecule has 0 N–H and O–H groups in total. The minimum atomic E-state index is -0.486. The lowest BCUT2D eigenvalue weighted by molar-refractivity contribution is -0.152. The van der Waals surface area contributed by atoms with E-state index in [1.165, 1.54) is 0 Å². The van der Waals surface area contributed by atoms with Gasteiger partial charge in [-0.05, 0) is 31.6 Å². The predicted molar refractivity (Wildman–Crippen MR) is 55.1 cm³/mol. The second-order valence-corrected chi connectivity index (χ2v) is 4.27. The molecule has 0 aromatic rings. The molecule has 0 amide bonds. The van der Waals surface area contributed by atoms with Gasteiger partial charge in [0.25, 0.3) is 0 Å². The van der Waals surface area contributed by atoms with Crippen LogP contribution in [0.15, 0.2) is 12.2 Å². The van der Waals surface area contributed by atoms with Crippen molar-refractivity contribution >= 4 is 11.8 Å². The van der Waals surface area contributed by atoms with E-state index in [1.807, 2.05) is 0 Å². The van der Waals surface area contributed by atoms with Gasteiger partial charge in [0.05, 0.1) is 6.61 Å². The summed E-state index contributed by atoms with van der Waals surface area (Å²) in [4.78, 5) is 23.4. The first kappa shape index (κ1) is 10.4. The van der Waals surface area contributed by atoms with Crippen molar-refractivity contribution in [1.82, 2.24) is 0 Å². The number of ketones is 1. The molecule has 2 rings (SSSR count). The normalized spacial score (nSPS) is 33.9. The molecule has 2 aliphatic rings. The number of ether oxygens (including phenoxy) is 1. The summed E-state index contributed by atoms with van der Waals surface area (Å²) in [5.41, 5.74) is 0. The number of fused-ring (bicyclic) bond motifs is 1. The highest BCUT2D eigenvalue weighted by atomic mass is 16.5. The number of carbonyl (C=O) groups excluding carboxylic acids is 2. The molecule has 15 heavy (non-hydrogen) atoms. The zero-order valence-corrected chi connectivity index (χ0v) is 8.94. The molecular formula is C12H16O3. The van der Waals surface area contributed by atoms with Gasteiger partial charge in [0.2, 0.25) is 0 Å². The Bertz CT molecular complexity index is 306.